The second-order valence-electron chi connectivity index (χ2n) is 7.27. The molecule has 1 saturated heterocycles. The Balaban J connectivity index is 1.71. The summed E-state index contributed by atoms with van der Waals surface area (Å²) in [5.41, 5.74) is 1.45. The van der Waals surface area contributed by atoms with Gasteiger partial charge in [-0.2, -0.15) is 0 Å². The highest BCUT2D eigenvalue weighted by molar-refractivity contribution is 7.80. The van der Waals surface area contributed by atoms with Crippen LogP contribution < -0.4 is 14.8 Å². The summed E-state index contributed by atoms with van der Waals surface area (Å²) in [6.07, 6.45) is 0.542. The van der Waals surface area contributed by atoms with Crippen LogP contribution in [-0.2, 0) is 16.0 Å². The van der Waals surface area contributed by atoms with E-state index in [0.29, 0.717) is 41.8 Å². The predicted octanol–water partition coefficient (Wildman–Crippen LogP) is 3.23. The first-order chi connectivity index (χ1) is 15.4. The molecule has 1 atom stereocenters. The number of carbonyl (C=O) groups is 2. The van der Waals surface area contributed by atoms with Gasteiger partial charge in [0.2, 0.25) is 5.91 Å². The van der Waals surface area contributed by atoms with Crippen molar-refractivity contribution >= 4 is 34.8 Å². The second-order valence-corrected chi connectivity index (χ2v) is 7.64. The Morgan fingerprint density at radius 1 is 1.12 bits per heavy atom. The monoisotopic (exact) mass is 459 g/mol. The van der Waals surface area contributed by atoms with Crippen molar-refractivity contribution in [3.05, 3.63) is 53.8 Å². The summed E-state index contributed by atoms with van der Waals surface area (Å²) in [4.78, 5) is 28.8. The zero-order valence-corrected chi connectivity index (χ0v) is 19.1. The number of hydrogen-bond acceptors (Lipinski definition) is 5. The first-order valence-electron chi connectivity index (χ1n) is 10.3. The third-order valence-corrected chi connectivity index (χ3v) is 5.77. The number of amides is 2. The average molecular weight is 460 g/mol. The molecule has 2 amide bonds. The number of nitrogens with zero attached hydrogens (tertiary/aromatic N) is 2. The zero-order valence-electron chi connectivity index (χ0n) is 18.3. The van der Waals surface area contributed by atoms with Crippen molar-refractivity contribution in [2.75, 3.05) is 32.6 Å². The highest BCUT2D eigenvalue weighted by Gasteiger charge is 2.42. The van der Waals surface area contributed by atoms with E-state index >= 15 is 0 Å². The minimum absolute atomic E-state index is 0.0568. The number of anilines is 1. The Bertz CT molecular complexity index is 999. The van der Waals surface area contributed by atoms with Gasteiger partial charge in [0.15, 0.2) is 16.6 Å². The summed E-state index contributed by atoms with van der Waals surface area (Å²) in [6.45, 7) is 2.74. The molecule has 1 N–H and O–H groups in total. The van der Waals surface area contributed by atoms with Crippen LogP contribution in [0.5, 0.6) is 11.5 Å². The highest BCUT2D eigenvalue weighted by Crippen LogP contribution is 2.28. The fourth-order valence-electron chi connectivity index (χ4n) is 3.64. The van der Waals surface area contributed by atoms with Crippen molar-refractivity contribution in [2.24, 2.45) is 0 Å². The van der Waals surface area contributed by atoms with Gasteiger partial charge in [-0.3, -0.25) is 14.5 Å². The van der Waals surface area contributed by atoms with Gasteiger partial charge in [-0.25, -0.2) is 4.39 Å². The van der Waals surface area contributed by atoms with E-state index in [-0.39, 0.29) is 24.1 Å². The minimum Gasteiger partial charge on any atom is -0.493 e. The number of thiocarbonyl (C=S) groups is 1. The van der Waals surface area contributed by atoms with Gasteiger partial charge in [-0.15, -0.1) is 0 Å². The molecule has 0 radical (unpaired) electrons. The van der Waals surface area contributed by atoms with Gasteiger partial charge in [0.1, 0.15) is 11.9 Å². The van der Waals surface area contributed by atoms with Crippen LogP contribution in [0.3, 0.4) is 0 Å². The van der Waals surface area contributed by atoms with Crippen LogP contribution in [0.2, 0.25) is 0 Å². The molecule has 1 aliphatic rings. The number of benzene rings is 2. The molecule has 0 bridgehead atoms. The summed E-state index contributed by atoms with van der Waals surface area (Å²) >= 11 is 5.53. The molecule has 1 fully saturated rings. The number of halogens is 1. The maximum atomic E-state index is 13.1. The number of rotatable bonds is 9. The van der Waals surface area contributed by atoms with E-state index in [1.165, 1.54) is 29.2 Å². The normalized spacial score (nSPS) is 15.8. The first kappa shape index (κ1) is 23.5. The molecule has 3 rings (SSSR count). The number of carbonyl (C=O) groups excluding carboxylic acids is 2. The van der Waals surface area contributed by atoms with Gasteiger partial charge in [-0.05, 0) is 67.5 Å². The standard InChI is InChI=1S/C23H26FN3O4S/c1-4-26-22(29)18(14-21(28)25-17-8-6-16(24)7-9-17)27(23(26)32)12-11-15-5-10-19(30-2)20(13-15)31-3/h5-10,13,18H,4,11-12,14H2,1-3H3,(H,25,28)/t18-/m0/s1. The fraction of sp³-hybridized carbons (Fsp3) is 0.348. The molecule has 0 unspecified atom stereocenters. The lowest BCUT2D eigenvalue weighted by atomic mass is 10.1. The number of ether oxygens (including phenoxy) is 2. The van der Waals surface area contributed by atoms with Gasteiger partial charge in [0, 0.05) is 18.8 Å². The lowest BCUT2D eigenvalue weighted by molar-refractivity contribution is -0.130. The summed E-state index contributed by atoms with van der Waals surface area (Å²) in [6, 6.07) is 10.4. The molecule has 1 aliphatic heterocycles. The van der Waals surface area contributed by atoms with E-state index < -0.39 is 6.04 Å². The van der Waals surface area contributed by atoms with Gasteiger partial charge in [-0.1, -0.05) is 6.07 Å². The highest BCUT2D eigenvalue weighted by atomic mass is 32.1. The molecule has 0 aromatic heterocycles. The fourth-order valence-corrected chi connectivity index (χ4v) is 4.08. The van der Waals surface area contributed by atoms with E-state index in [9.17, 15) is 14.0 Å². The Morgan fingerprint density at radius 2 is 1.81 bits per heavy atom. The van der Waals surface area contributed by atoms with Crippen LogP contribution in [0.4, 0.5) is 10.1 Å². The molecule has 1 heterocycles. The third kappa shape index (κ3) is 5.16. The van der Waals surface area contributed by atoms with E-state index in [2.05, 4.69) is 5.32 Å². The van der Waals surface area contributed by atoms with Gasteiger partial charge in [0.25, 0.3) is 5.91 Å². The number of methoxy groups -OCH3 is 2. The Morgan fingerprint density at radius 3 is 2.44 bits per heavy atom. The Kier molecular flexibility index (Phi) is 7.63. The second kappa shape index (κ2) is 10.4. The summed E-state index contributed by atoms with van der Waals surface area (Å²) < 4.78 is 23.7. The number of hydrogen-bond donors (Lipinski definition) is 1. The van der Waals surface area contributed by atoms with Crippen molar-refractivity contribution in [1.29, 1.82) is 0 Å². The SMILES string of the molecule is CCN1C(=O)[C@H](CC(=O)Nc2ccc(F)cc2)N(CCc2ccc(OC)c(OC)c2)C1=S. The molecule has 7 nitrogen and oxygen atoms in total. The van der Waals surface area contributed by atoms with Crippen molar-refractivity contribution < 1.29 is 23.5 Å². The molecular formula is C23H26FN3O4S. The number of nitrogens with one attached hydrogen (secondary N) is 1. The van der Waals surface area contributed by atoms with Crippen molar-refractivity contribution in [3.63, 3.8) is 0 Å². The van der Waals surface area contributed by atoms with Gasteiger partial charge < -0.3 is 19.7 Å². The minimum atomic E-state index is -0.692. The Labute approximate surface area is 192 Å². The van der Waals surface area contributed by atoms with Crippen molar-refractivity contribution in [3.8, 4) is 11.5 Å². The van der Waals surface area contributed by atoms with Crippen LogP contribution in [0.15, 0.2) is 42.5 Å². The average Bonchev–Trinajstić information content (AvgIpc) is 3.01. The third-order valence-electron chi connectivity index (χ3n) is 5.32. The maximum Gasteiger partial charge on any atom is 0.252 e. The molecule has 9 heteroatoms. The van der Waals surface area contributed by atoms with Crippen LogP contribution in [0.25, 0.3) is 0 Å². The molecule has 32 heavy (non-hydrogen) atoms. The smallest absolute Gasteiger partial charge is 0.252 e. The lowest BCUT2D eigenvalue weighted by Crippen LogP contribution is -2.39. The van der Waals surface area contributed by atoms with Crippen LogP contribution >= 0.6 is 12.2 Å². The summed E-state index contributed by atoms with van der Waals surface area (Å²) in [7, 11) is 3.15. The molecule has 170 valence electrons. The largest absolute Gasteiger partial charge is 0.493 e. The quantitative estimate of drug-likeness (QED) is 0.581. The Hall–Kier alpha value is -3.20. The van der Waals surface area contributed by atoms with E-state index in [4.69, 9.17) is 21.7 Å². The van der Waals surface area contributed by atoms with Gasteiger partial charge >= 0.3 is 0 Å². The molecule has 0 saturated carbocycles. The number of likely N-dealkylation sites (N-methyl/N-ethyl adjacent to an activating group) is 1. The predicted molar refractivity (Wildman–Crippen MR) is 123 cm³/mol. The molecule has 2 aromatic rings. The maximum absolute atomic E-state index is 13.1. The molecule has 0 aliphatic carbocycles. The van der Waals surface area contributed by atoms with Gasteiger partial charge in [0.05, 0.1) is 20.6 Å². The van der Waals surface area contributed by atoms with Crippen molar-refractivity contribution in [2.45, 2.75) is 25.8 Å². The summed E-state index contributed by atoms with van der Waals surface area (Å²) in [5, 5.41) is 3.12. The van der Waals surface area contributed by atoms with E-state index in [1.807, 2.05) is 25.1 Å². The zero-order chi connectivity index (χ0) is 23.3. The first-order valence-corrected chi connectivity index (χ1v) is 10.7. The van der Waals surface area contributed by atoms with Crippen LogP contribution in [-0.4, -0.2) is 60.1 Å². The molecule has 0 spiro atoms. The molecular weight excluding hydrogens is 433 g/mol. The molecule has 2 aromatic carbocycles. The van der Waals surface area contributed by atoms with Crippen LogP contribution in [0.1, 0.15) is 18.9 Å². The summed E-state index contributed by atoms with van der Waals surface area (Å²) in [5.74, 6) is 0.330. The van der Waals surface area contributed by atoms with E-state index in [0.717, 1.165) is 5.56 Å². The van der Waals surface area contributed by atoms with Crippen molar-refractivity contribution in [1.82, 2.24) is 9.80 Å². The lowest BCUT2D eigenvalue weighted by Gasteiger charge is -2.24. The topological polar surface area (TPSA) is 71.1 Å². The van der Waals surface area contributed by atoms with E-state index in [1.54, 1.807) is 19.1 Å². The van der Waals surface area contributed by atoms with Crippen LogP contribution in [0, 0.1) is 5.82 Å².